The minimum Gasteiger partial charge on any atom is -0.369 e. The number of hydrogen-bond acceptors (Lipinski definition) is 4. The van der Waals surface area contributed by atoms with Crippen LogP contribution in [0.25, 0.3) is 0 Å². The van der Waals surface area contributed by atoms with Crippen molar-refractivity contribution >= 4 is 23.5 Å². The topological polar surface area (TPSA) is 105 Å². The molecule has 3 N–H and O–H groups in total. The van der Waals surface area contributed by atoms with Crippen molar-refractivity contribution in [1.82, 2.24) is 10.3 Å². The van der Waals surface area contributed by atoms with E-state index in [1.54, 1.807) is 0 Å². The van der Waals surface area contributed by atoms with Crippen molar-refractivity contribution in [3.63, 3.8) is 0 Å². The van der Waals surface area contributed by atoms with E-state index in [4.69, 9.17) is 17.3 Å². The smallest absolute Gasteiger partial charge is 0.340 e. The number of carbonyl (C=O) groups is 2. The Hall–Kier alpha value is -2.15. The zero-order chi connectivity index (χ0) is 28.1. The number of rotatable bonds is 6. The van der Waals surface area contributed by atoms with E-state index < -0.39 is 6.03 Å². The summed E-state index contributed by atoms with van der Waals surface area (Å²) in [6, 6.07) is 6.76. The van der Waals surface area contributed by atoms with E-state index in [9.17, 15) is 14.5 Å². The highest BCUT2D eigenvalue weighted by Gasteiger charge is 2.54. The fraction of sp³-hybridized carbons (Fsp3) is 0.733. The molecular formula is C30H47ClN4O3. The lowest BCUT2D eigenvalue weighted by Gasteiger charge is -2.54. The van der Waals surface area contributed by atoms with Crippen LogP contribution in [-0.4, -0.2) is 35.4 Å². The minimum atomic E-state index is -0.435. The third-order valence-corrected chi connectivity index (χ3v) is 9.75. The number of benzene rings is 1. The number of primary amides is 1. The van der Waals surface area contributed by atoms with Crippen LogP contribution in [0.1, 0.15) is 109 Å². The highest BCUT2D eigenvalue weighted by atomic mass is 35.5. The van der Waals surface area contributed by atoms with Gasteiger partial charge in [0.15, 0.2) is 0 Å². The van der Waals surface area contributed by atoms with Crippen molar-refractivity contribution in [2.45, 2.75) is 110 Å². The van der Waals surface area contributed by atoms with Crippen molar-refractivity contribution in [2.24, 2.45) is 28.3 Å². The number of urea groups is 1. The lowest BCUT2D eigenvalue weighted by molar-refractivity contribution is -0.135. The monoisotopic (exact) mass is 546 g/mol. The van der Waals surface area contributed by atoms with Gasteiger partial charge in [0.2, 0.25) is 5.91 Å². The zero-order valence-electron chi connectivity index (χ0n) is 23.9. The fourth-order valence-corrected chi connectivity index (χ4v) is 7.24. The molecule has 1 aromatic rings. The maximum Gasteiger partial charge on any atom is 0.340 e. The Morgan fingerprint density at radius 1 is 1.16 bits per heavy atom. The Kier molecular flexibility index (Phi) is 10.2. The number of nitroso groups, excluding NO2 is 1. The molecule has 2 saturated carbocycles. The highest BCUT2D eigenvalue weighted by molar-refractivity contribution is 6.18. The Morgan fingerprint density at radius 2 is 1.84 bits per heavy atom. The first-order valence-electron chi connectivity index (χ1n) is 14.4. The molecule has 1 aromatic carbocycles. The molecule has 3 atom stereocenters. The second-order valence-electron chi connectivity index (χ2n) is 12.5. The van der Waals surface area contributed by atoms with Crippen LogP contribution in [0.15, 0.2) is 23.5 Å². The van der Waals surface area contributed by atoms with Crippen LogP contribution in [0.4, 0.5) is 4.79 Å². The van der Waals surface area contributed by atoms with Crippen LogP contribution >= 0.6 is 11.6 Å². The van der Waals surface area contributed by atoms with Gasteiger partial charge >= 0.3 is 6.03 Å². The number of amides is 3. The second kappa shape index (κ2) is 12.8. The average Bonchev–Trinajstić information content (AvgIpc) is 2.88. The van der Waals surface area contributed by atoms with Crippen molar-refractivity contribution < 1.29 is 9.59 Å². The summed E-state index contributed by atoms with van der Waals surface area (Å²) in [4.78, 5) is 34.1. The average molecular weight is 547 g/mol. The van der Waals surface area contributed by atoms with Gasteiger partial charge in [0.05, 0.1) is 11.8 Å². The summed E-state index contributed by atoms with van der Waals surface area (Å²) >= 11 is 5.46. The molecule has 8 heteroatoms. The Labute approximate surface area is 233 Å². The van der Waals surface area contributed by atoms with Crippen LogP contribution in [0.5, 0.6) is 0 Å². The molecule has 3 unspecified atom stereocenters. The highest BCUT2D eigenvalue weighted by Crippen LogP contribution is 2.57. The Balaban J connectivity index is 0.000000223. The van der Waals surface area contributed by atoms with Crippen LogP contribution in [0, 0.1) is 22.2 Å². The van der Waals surface area contributed by atoms with Gasteiger partial charge in [-0.25, -0.2) is 4.79 Å². The first-order valence-corrected chi connectivity index (χ1v) is 14.9. The predicted octanol–water partition coefficient (Wildman–Crippen LogP) is 6.80. The molecule has 4 rings (SSSR count). The van der Waals surface area contributed by atoms with E-state index in [2.05, 4.69) is 63.4 Å². The molecule has 212 valence electrons. The van der Waals surface area contributed by atoms with Gasteiger partial charge in [0.1, 0.15) is 0 Å². The van der Waals surface area contributed by atoms with E-state index in [0.29, 0.717) is 11.8 Å². The first-order chi connectivity index (χ1) is 18.0. The van der Waals surface area contributed by atoms with E-state index in [1.807, 2.05) is 0 Å². The number of halogens is 1. The Morgan fingerprint density at radius 3 is 2.42 bits per heavy atom. The number of hydrogen-bond donors (Lipinski definition) is 2. The molecule has 0 bridgehead atoms. The molecule has 3 aliphatic carbocycles. The number of carbonyl (C=O) groups excluding carboxylic acids is 2. The number of fused-ring (bicyclic) bond motifs is 3. The van der Waals surface area contributed by atoms with Gasteiger partial charge in [-0.1, -0.05) is 59.2 Å². The number of nitrogens with one attached hydrogen (secondary N) is 1. The van der Waals surface area contributed by atoms with E-state index >= 15 is 0 Å². The fourth-order valence-electron chi connectivity index (χ4n) is 7.08. The molecular weight excluding hydrogens is 500 g/mol. The summed E-state index contributed by atoms with van der Waals surface area (Å²) in [5, 5.41) is 6.29. The van der Waals surface area contributed by atoms with Crippen molar-refractivity contribution in [3.05, 3.63) is 39.8 Å². The van der Waals surface area contributed by atoms with Crippen molar-refractivity contribution in [1.29, 1.82) is 0 Å². The van der Waals surface area contributed by atoms with Crippen LogP contribution in [0.3, 0.4) is 0 Å². The Bertz CT molecular complexity index is 994. The van der Waals surface area contributed by atoms with Gasteiger partial charge in [-0.3, -0.25) is 4.79 Å². The molecule has 7 nitrogen and oxygen atoms in total. The van der Waals surface area contributed by atoms with Gasteiger partial charge in [-0.15, -0.1) is 16.5 Å². The molecule has 3 amide bonds. The SMILES string of the molecule is CC(C)c1ccc2c(c1)CCC1C(C)(C(N)=O)CCCC21C.CC1CCC(NC(=O)N(CCCl)N=O)CC1. The molecule has 3 aliphatic rings. The maximum absolute atomic E-state index is 12.2. The molecule has 0 aliphatic heterocycles. The van der Waals surface area contributed by atoms with E-state index in [0.717, 1.165) is 62.3 Å². The molecule has 0 aromatic heterocycles. The van der Waals surface area contributed by atoms with Crippen molar-refractivity contribution in [3.8, 4) is 0 Å². The molecule has 0 saturated heterocycles. The van der Waals surface area contributed by atoms with E-state index in [-0.39, 0.29) is 35.2 Å². The number of alkyl halides is 1. The third-order valence-electron chi connectivity index (χ3n) is 9.58. The second-order valence-corrected chi connectivity index (χ2v) is 12.9. The van der Waals surface area contributed by atoms with Crippen LogP contribution < -0.4 is 11.1 Å². The van der Waals surface area contributed by atoms with Gasteiger partial charge in [-0.05, 0) is 91.2 Å². The molecule has 0 radical (unpaired) electrons. The summed E-state index contributed by atoms with van der Waals surface area (Å²) < 4.78 is 0. The standard InChI is InChI=1S/C20H29NO.C10H18ClN3O2/c1-13(2)14-6-8-16-15(12-14)7-9-17-19(16,3)10-5-11-20(17,4)18(21)22;1-8-2-4-9(5-3-8)12-10(15)14(13-16)7-6-11/h6,8,12-13,17H,5,7,9-11H2,1-4H3,(H2,21,22);8-9H,2-7H2,1H3,(H,12,15). The summed E-state index contributed by atoms with van der Waals surface area (Å²) in [5.41, 5.74) is 9.97. The van der Waals surface area contributed by atoms with Crippen molar-refractivity contribution in [2.75, 3.05) is 12.4 Å². The molecule has 0 heterocycles. The summed E-state index contributed by atoms with van der Waals surface area (Å²) in [6.07, 6.45) is 9.57. The van der Waals surface area contributed by atoms with Gasteiger partial charge in [0.25, 0.3) is 0 Å². The quantitative estimate of drug-likeness (QED) is 0.233. The van der Waals surface area contributed by atoms with E-state index in [1.165, 1.54) is 23.1 Å². The maximum atomic E-state index is 12.2. The number of nitrogens with zero attached hydrogens (tertiary/aromatic N) is 2. The molecule has 38 heavy (non-hydrogen) atoms. The lowest BCUT2D eigenvalue weighted by atomic mass is 9.49. The minimum absolute atomic E-state index is 0.102. The summed E-state index contributed by atoms with van der Waals surface area (Å²) in [6.45, 7) is 11.3. The molecule has 0 spiro atoms. The summed E-state index contributed by atoms with van der Waals surface area (Å²) in [5.74, 6) is 1.78. The first kappa shape index (κ1) is 30.4. The number of aryl methyl sites for hydroxylation is 1. The van der Waals surface area contributed by atoms with Crippen LogP contribution in [-0.2, 0) is 16.6 Å². The number of nitrogens with two attached hydrogens (primary N) is 1. The molecule has 2 fully saturated rings. The van der Waals surface area contributed by atoms with Gasteiger partial charge < -0.3 is 11.1 Å². The van der Waals surface area contributed by atoms with Gasteiger partial charge in [-0.2, -0.15) is 5.01 Å². The van der Waals surface area contributed by atoms with Crippen LogP contribution in [0.2, 0.25) is 0 Å². The third kappa shape index (κ3) is 6.52. The normalized spacial score (nSPS) is 30.2. The zero-order valence-corrected chi connectivity index (χ0v) is 24.7. The predicted molar refractivity (Wildman–Crippen MR) is 154 cm³/mol. The lowest BCUT2D eigenvalue weighted by Crippen LogP contribution is -2.54. The summed E-state index contributed by atoms with van der Waals surface area (Å²) in [7, 11) is 0. The largest absolute Gasteiger partial charge is 0.369 e. The van der Waals surface area contributed by atoms with Gasteiger partial charge in [0, 0.05) is 17.3 Å².